The lowest BCUT2D eigenvalue weighted by Gasteiger charge is -2.19. The van der Waals surface area contributed by atoms with E-state index in [4.69, 9.17) is 4.98 Å². The molecule has 1 fully saturated rings. The molecule has 2 aromatic heterocycles. The van der Waals surface area contributed by atoms with Crippen molar-refractivity contribution >= 4 is 32.7 Å². The number of rotatable bonds is 4. The second-order valence-electron chi connectivity index (χ2n) is 5.41. The van der Waals surface area contributed by atoms with Gasteiger partial charge in [0, 0.05) is 31.6 Å². The van der Waals surface area contributed by atoms with Crippen LogP contribution in [0.25, 0.3) is 9.88 Å². The monoisotopic (exact) mass is 357 g/mol. The SMILES string of the molecule is CS(=O)(=O)N1CCCN(Cc2csc(-c3cccs3)n2)CC1. The molecule has 2 aromatic rings. The van der Waals surface area contributed by atoms with Crippen molar-refractivity contribution in [3.05, 3.63) is 28.6 Å². The molecule has 8 heteroatoms. The number of hydrogen-bond acceptors (Lipinski definition) is 6. The molecule has 0 unspecified atom stereocenters. The number of hydrogen-bond donors (Lipinski definition) is 0. The van der Waals surface area contributed by atoms with Crippen molar-refractivity contribution in [2.24, 2.45) is 0 Å². The first-order valence-electron chi connectivity index (χ1n) is 7.18. The fraction of sp³-hybridized carbons (Fsp3) is 0.500. The molecule has 1 aliphatic rings. The third-order valence-corrected chi connectivity index (χ3v) is 6.92. The van der Waals surface area contributed by atoms with Gasteiger partial charge in [0.1, 0.15) is 5.01 Å². The van der Waals surface area contributed by atoms with E-state index in [0.717, 1.165) is 36.8 Å². The number of thiophene rings is 1. The second-order valence-corrected chi connectivity index (χ2v) is 9.20. The van der Waals surface area contributed by atoms with E-state index in [1.807, 2.05) is 6.07 Å². The van der Waals surface area contributed by atoms with Gasteiger partial charge in [-0.3, -0.25) is 4.90 Å². The highest BCUT2D eigenvalue weighted by atomic mass is 32.2. The first kappa shape index (κ1) is 16.1. The maximum absolute atomic E-state index is 11.6. The topological polar surface area (TPSA) is 53.5 Å². The van der Waals surface area contributed by atoms with E-state index < -0.39 is 10.0 Å². The Balaban J connectivity index is 1.62. The van der Waals surface area contributed by atoms with Crippen LogP contribution < -0.4 is 0 Å². The van der Waals surface area contributed by atoms with Crippen molar-refractivity contribution < 1.29 is 8.42 Å². The van der Waals surface area contributed by atoms with Gasteiger partial charge < -0.3 is 0 Å². The van der Waals surface area contributed by atoms with Crippen LogP contribution in [-0.2, 0) is 16.6 Å². The third kappa shape index (κ3) is 3.94. The fourth-order valence-electron chi connectivity index (χ4n) is 2.56. The van der Waals surface area contributed by atoms with Gasteiger partial charge >= 0.3 is 0 Å². The van der Waals surface area contributed by atoms with E-state index in [1.165, 1.54) is 11.1 Å². The summed E-state index contributed by atoms with van der Waals surface area (Å²) in [6.07, 6.45) is 2.16. The van der Waals surface area contributed by atoms with Crippen molar-refractivity contribution in [1.29, 1.82) is 0 Å². The van der Waals surface area contributed by atoms with Crippen molar-refractivity contribution in [3.63, 3.8) is 0 Å². The lowest BCUT2D eigenvalue weighted by atomic mass is 10.3. The molecule has 0 saturated carbocycles. The minimum absolute atomic E-state index is 0.570. The maximum Gasteiger partial charge on any atom is 0.211 e. The summed E-state index contributed by atoms with van der Waals surface area (Å²) in [4.78, 5) is 8.19. The Morgan fingerprint density at radius 2 is 2.09 bits per heavy atom. The molecule has 1 aliphatic heterocycles. The lowest BCUT2D eigenvalue weighted by molar-refractivity contribution is 0.276. The summed E-state index contributed by atoms with van der Waals surface area (Å²) >= 11 is 3.37. The van der Waals surface area contributed by atoms with Gasteiger partial charge in [0.25, 0.3) is 0 Å². The van der Waals surface area contributed by atoms with Crippen LogP contribution in [0.4, 0.5) is 0 Å². The average Bonchev–Trinajstić information content (AvgIpc) is 3.06. The molecule has 0 spiro atoms. The molecule has 0 radical (unpaired) electrons. The predicted molar refractivity (Wildman–Crippen MR) is 91.7 cm³/mol. The average molecular weight is 358 g/mol. The van der Waals surface area contributed by atoms with Crippen LogP contribution >= 0.6 is 22.7 Å². The quantitative estimate of drug-likeness (QED) is 0.843. The summed E-state index contributed by atoms with van der Waals surface area (Å²) in [5, 5.41) is 5.23. The fourth-order valence-corrected chi connectivity index (χ4v) is 5.06. The zero-order valence-electron chi connectivity index (χ0n) is 12.4. The van der Waals surface area contributed by atoms with E-state index in [-0.39, 0.29) is 0 Å². The predicted octanol–water partition coefficient (Wildman–Crippen LogP) is 2.34. The Hall–Kier alpha value is -0.800. The van der Waals surface area contributed by atoms with Gasteiger partial charge in [-0.15, -0.1) is 22.7 Å². The molecule has 3 heterocycles. The van der Waals surface area contributed by atoms with Crippen LogP contribution in [0.5, 0.6) is 0 Å². The number of nitrogens with zero attached hydrogens (tertiary/aromatic N) is 3. The smallest absolute Gasteiger partial charge is 0.211 e. The van der Waals surface area contributed by atoms with E-state index in [2.05, 4.69) is 21.7 Å². The molecule has 0 atom stereocenters. The van der Waals surface area contributed by atoms with Gasteiger partial charge in [-0.1, -0.05) is 6.07 Å². The van der Waals surface area contributed by atoms with Crippen molar-refractivity contribution in [2.45, 2.75) is 13.0 Å². The lowest BCUT2D eigenvalue weighted by Crippen LogP contribution is -2.34. The molecule has 120 valence electrons. The van der Waals surface area contributed by atoms with Gasteiger partial charge in [-0.2, -0.15) is 0 Å². The summed E-state index contributed by atoms with van der Waals surface area (Å²) in [7, 11) is -3.08. The highest BCUT2D eigenvalue weighted by Gasteiger charge is 2.21. The molecule has 0 aromatic carbocycles. The van der Waals surface area contributed by atoms with Crippen LogP contribution in [0.3, 0.4) is 0 Å². The van der Waals surface area contributed by atoms with Crippen LogP contribution in [0.1, 0.15) is 12.1 Å². The van der Waals surface area contributed by atoms with Gasteiger partial charge in [0.2, 0.25) is 10.0 Å². The van der Waals surface area contributed by atoms with Crippen LogP contribution in [0.2, 0.25) is 0 Å². The number of aromatic nitrogens is 1. The van der Waals surface area contributed by atoms with Crippen LogP contribution in [0.15, 0.2) is 22.9 Å². The Morgan fingerprint density at radius 1 is 1.23 bits per heavy atom. The van der Waals surface area contributed by atoms with Gasteiger partial charge in [-0.25, -0.2) is 17.7 Å². The Kier molecular flexibility index (Phi) is 4.94. The Morgan fingerprint density at radius 3 is 2.82 bits per heavy atom. The zero-order chi connectivity index (χ0) is 15.6. The number of thiazole rings is 1. The second kappa shape index (κ2) is 6.76. The van der Waals surface area contributed by atoms with Crippen molar-refractivity contribution in [2.75, 3.05) is 32.4 Å². The minimum Gasteiger partial charge on any atom is -0.296 e. The number of sulfonamides is 1. The summed E-state index contributed by atoms with van der Waals surface area (Å²) < 4.78 is 24.8. The molecule has 3 rings (SSSR count). The maximum atomic E-state index is 11.6. The summed E-state index contributed by atoms with van der Waals surface area (Å²) in [5.41, 5.74) is 1.07. The van der Waals surface area contributed by atoms with Gasteiger partial charge in [0.15, 0.2) is 0 Å². The zero-order valence-corrected chi connectivity index (χ0v) is 14.9. The van der Waals surface area contributed by atoms with Crippen LogP contribution in [-0.4, -0.2) is 55.0 Å². The van der Waals surface area contributed by atoms with E-state index in [0.29, 0.717) is 13.1 Å². The summed E-state index contributed by atoms with van der Waals surface area (Å²) in [5.74, 6) is 0. The highest BCUT2D eigenvalue weighted by molar-refractivity contribution is 7.88. The van der Waals surface area contributed by atoms with E-state index in [1.54, 1.807) is 27.0 Å². The molecule has 22 heavy (non-hydrogen) atoms. The largest absolute Gasteiger partial charge is 0.296 e. The summed E-state index contributed by atoms with van der Waals surface area (Å²) in [6.45, 7) is 3.66. The normalized spacial score (nSPS) is 18.4. The molecular weight excluding hydrogens is 338 g/mol. The Bertz CT molecular complexity index is 710. The van der Waals surface area contributed by atoms with Crippen molar-refractivity contribution in [3.8, 4) is 9.88 Å². The highest BCUT2D eigenvalue weighted by Crippen LogP contribution is 2.28. The minimum atomic E-state index is -3.08. The van der Waals surface area contributed by atoms with Crippen LogP contribution in [0, 0.1) is 0 Å². The molecule has 0 amide bonds. The first-order valence-corrected chi connectivity index (χ1v) is 10.8. The Labute approximate surface area is 139 Å². The van der Waals surface area contributed by atoms with Gasteiger partial charge in [0.05, 0.1) is 16.8 Å². The van der Waals surface area contributed by atoms with E-state index >= 15 is 0 Å². The summed E-state index contributed by atoms with van der Waals surface area (Å²) in [6, 6.07) is 4.12. The third-order valence-electron chi connectivity index (χ3n) is 3.69. The molecular formula is C14H19N3O2S3. The molecule has 0 N–H and O–H groups in total. The molecule has 0 aliphatic carbocycles. The molecule has 0 bridgehead atoms. The molecule has 1 saturated heterocycles. The molecule has 5 nitrogen and oxygen atoms in total. The van der Waals surface area contributed by atoms with Gasteiger partial charge in [-0.05, 0) is 24.4 Å². The van der Waals surface area contributed by atoms with Crippen molar-refractivity contribution in [1.82, 2.24) is 14.2 Å². The standard InChI is InChI=1S/C14H19N3O2S3/c1-22(18,19)17-6-3-5-16(7-8-17)10-12-11-21-14(15-12)13-4-2-9-20-13/h2,4,9,11H,3,5-8,10H2,1H3. The first-order chi connectivity index (χ1) is 10.5. The van der Waals surface area contributed by atoms with E-state index in [9.17, 15) is 8.42 Å².